The van der Waals surface area contributed by atoms with E-state index in [0.717, 1.165) is 24.0 Å². The maximum absolute atomic E-state index is 11.8. The van der Waals surface area contributed by atoms with Crippen molar-refractivity contribution in [2.24, 2.45) is 0 Å². The van der Waals surface area contributed by atoms with Gasteiger partial charge in [-0.1, -0.05) is 43.7 Å². The summed E-state index contributed by atoms with van der Waals surface area (Å²) < 4.78 is 10.7. The lowest BCUT2D eigenvalue weighted by atomic mass is 10.00. The van der Waals surface area contributed by atoms with Crippen LogP contribution in [0.4, 0.5) is 5.69 Å². The van der Waals surface area contributed by atoms with E-state index >= 15 is 0 Å². The van der Waals surface area contributed by atoms with Crippen molar-refractivity contribution in [1.82, 2.24) is 0 Å². The first-order valence-electron chi connectivity index (χ1n) is 7.83. The highest BCUT2D eigenvalue weighted by Crippen LogP contribution is 2.30. The first-order chi connectivity index (χ1) is 11.2. The molecule has 0 aliphatic carbocycles. The molecule has 122 valence electrons. The summed E-state index contributed by atoms with van der Waals surface area (Å²) in [5.41, 5.74) is 9.18. The summed E-state index contributed by atoms with van der Waals surface area (Å²) in [6, 6.07) is 13.4. The van der Waals surface area contributed by atoms with Gasteiger partial charge in [-0.2, -0.15) is 0 Å². The minimum absolute atomic E-state index is 0.410. The van der Waals surface area contributed by atoms with Gasteiger partial charge in [-0.25, -0.2) is 4.79 Å². The monoisotopic (exact) mass is 313 g/mol. The Morgan fingerprint density at radius 1 is 1.17 bits per heavy atom. The summed E-state index contributed by atoms with van der Waals surface area (Å²) in [6.07, 6.45) is 2.66. The molecule has 0 saturated heterocycles. The van der Waals surface area contributed by atoms with Gasteiger partial charge in [0.05, 0.1) is 19.3 Å². The van der Waals surface area contributed by atoms with E-state index in [1.807, 2.05) is 30.3 Å². The zero-order valence-corrected chi connectivity index (χ0v) is 13.7. The number of rotatable bonds is 7. The lowest BCUT2D eigenvalue weighted by molar-refractivity contribution is 0.0600. The fourth-order valence-electron chi connectivity index (χ4n) is 2.35. The Morgan fingerprint density at radius 3 is 2.57 bits per heavy atom. The van der Waals surface area contributed by atoms with Crippen LogP contribution in [-0.2, 0) is 11.2 Å². The molecule has 0 spiro atoms. The predicted octanol–water partition coefficient (Wildman–Crippen LogP) is 3.83. The van der Waals surface area contributed by atoms with Gasteiger partial charge in [0.25, 0.3) is 0 Å². The highest BCUT2D eigenvalue weighted by molar-refractivity contribution is 5.91. The first-order valence-corrected chi connectivity index (χ1v) is 7.83. The van der Waals surface area contributed by atoms with Gasteiger partial charge < -0.3 is 15.2 Å². The Bertz CT molecular complexity index is 653. The number of benzene rings is 2. The van der Waals surface area contributed by atoms with E-state index in [1.54, 1.807) is 12.1 Å². The number of nitrogens with two attached hydrogens (primary N) is 1. The van der Waals surface area contributed by atoms with Crippen LogP contribution in [0, 0.1) is 0 Å². The van der Waals surface area contributed by atoms with E-state index in [9.17, 15) is 4.79 Å². The van der Waals surface area contributed by atoms with Crippen molar-refractivity contribution in [3.05, 3.63) is 59.2 Å². The van der Waals surface area contributed by atoms with Crippen LogP contribution in [0.25, 0.3) is 0 Å². The minimum atomic E-state index is -0.414. The number of anilines is 1. The Kier molecular flexibility index (Phi) is 6.03. The molecule has 0 aromatic heterocycles. The van der Waals surface area contributed by atoms with Crippen molar-refractivity contribution >= 4 is 11.7 Å². The van der Waals surface area contributed by atoms with Crippen LogP contribution < -0.4 is 10.5 Å². The van der Waals surface area contributed by atoms with Crippen LogP contribution in [0.5, 0.6) is 5.75 Å². The molecule has 0 radical (unpaired) electrons. The molecule has 2 aromatic carbocycles. The number of hydrogen-bond acceptors (Lipinski definition) is 4. The lowest BCUT2D eigenvalue weighted by Crippen LogP contribution is -2.08. The molecule has 2 aromatic rings. The van der Waals surface area contributed by atoms with Crippen molar-refractivity contribution in [2.75, 3.05) is 19.5 Å². The topological polar surface area (TPSA) is 61.5 Å². The molecule has 0 heterocycles. The van der Waals surface area contributed by atoms with Crippen LogP contribution in [0.2, 0.25) is 0 Å². The normalized spacial score (nSPS) is 10.3. The van der Waals surface area contributed by atoms with Gasteiger partial charge in [-0.15, -0.1) is 0 Å². The summed E-state index contributed by atoms with van der Waals surface area (Å²) >= 11 is 0. The second-order valence-corrected chi connectivity index (χ2v) is 5.40. The average molecular weight is 313 g/mol. The summed E-state index contributed by atoms with van der Waals surface area (Å²) in [6.45, 7) is 2.70. The molecular formula is C19H23NO3. The van der Waals surface area contributed by atoms with Crippen molar-refractivity contribution in [3.63, 3.8) is 0 Å². The summed E-state index contributed by atoms with van der Waals surface area (Å²) in [5, 5.41) is 0. The van der Waals surface area contributed by atoms with Crippen molar-refractivity contribution in [2.45, 2.75) is 26.2 Å². The molecule has 0 aliphatic heterocycles. The molecule has 0 bridgehead atoms. The number of unbranched alkanes of at least 4 members (excludes halogenated alkanes) is 1. The van der Waals surface area contributed by atoms with E-state index in [4.69, 9.17) is 15.2 Å². The number of ether oxygens (including phenoxy) is 2. The Morgan fingerprint density at radius 2 is 1.91 bits per heavy atom. The Balaban J connectivity index is 2.35. The molecule has 2 N–H and O–H groups in total. The summed E-state index contributed by atoms with van der Waals surface area (Å²) in [5.74, 6) is 0.242. The Labute approximate surface area is 137 Å². The SMILES string of the molecule is CCCCOc1cc(C(=O)OC)cc(N)c1Cc1ccccc1. The minimum Gasteiger partial charge on any atom is -0.493 e. The number of carbonyl (C=O) groups excluding carboxylic acids is 1. The van der Waals surface area contributed by atoms with Crippen LogP contribution >= 0.6 is 0 Å². The molecule has 4 heteroatoms. The van der Waals surface area contributed by atoms with Crippen molar-refractivity contribution in [1.29, 1.82) is 0 Å². The molecule has 0 fully saturated rings. The summed E-state index contributed by atoms with van der Waals surface area (Å²) in [7, 11) is 1.36. The third-order valence-corrected chi connectivity index (χ3v) is 3.64. The second kappa shape index (κ2) is 8.22. The average Bonchev–Trinajstić information content (AvgIpc) is 2.57. The number of esters is 1. The van der Waals surface area contributed by atoms with E-state index in [0.29, 0.717) is 30.0 Å². The molecule has 23 heavy (non-hydrogen) atoms. The third-order valence-electron chi connectivity index (χ3n) is 3.64. The highest BCUT2D eigenvalue weighted by atomic mass is 16.5. The maximum Gasteiger partial charge on any atom is 0.338 e. The van der Waals surface area contributed by atoms with Crippen LogP contribution in [0.3, 0.4) is 0 Å². The van der Waals surface area contributed by atoms with Gasteiger partial charge in [-0.3, -0.25) is 0 Å². The highest BCUT2D eigenvalue weighted by Gasteiger charge is 2.15. The number of nitrogen functional groups attached to an aromatic ring is 1. The van der Waals surface area contributed by atoms with Gasteiger partial charge in [-0.05, 0) is 24.1 Å². The van der Waals surface area contributed by atoms with Crippen LogP contribution in [0.15, 0.2) is 42.5 Å². The smallest absolute Gasteiger partial charge is 0.338 e. The molecule has 0 amide bonds. The first kappa shape index (κ1) is 16.9. The molecule has 0 aliphatic rings. The van der Waals surface area contributed by atoms with Gasteiger partial charge in [0.1, 0.15) is 5.75 Å². The Hall–Kier alpha value is -2.49. The van der Waals surface area contributed by atoms with Crippen molar-refractivity contribution in [3.8, 4) is 5.75 Å². The largest absolute Gasteiger partial charge is 0.493 e. The van der Waals surface area contributed by atoms with Gasteiger partial charge in [0, 0.05) is 17.7 Å². The van der Waals surface area contributed by atoms with Crippen LogP contribution in [-0.4, -0.2) is 19.7 Å². The predicted molar refractivity (Wildman–Crippen MR) is 91.8 cm³/mol. The molecule has 0 saturated carbocycles. The van der Waals surface area contributed by atoms with E-state index in [2.05, 4.69) is 6.92 Å². The molecule has 0 unspecified atom stereocenters. The summed E-state index contributed by atoms with van der Waals surface area (Å²) in [4.78, 5) is 11.8. The van der Waals surface area contributed by atoms with Gasteiger partial charge in [0.2, 0.25) is 0 Å². The number of carbonyl (C=O) groups is 1. The fraction of sp³-hybridized carbons (Fsp3) is 0.316. The van der Waals surface area contributed by atoms with E-state index in [-0.39, 0.29) is 0 Å². The standard InChI is InChI=1S/C19H23NO3/c1-3-4-10-23-18-13-15(19(21)22-2)12-17(20)16(18)11-14-8-6-5-7-9-14/h5-9,12-13H,3-4,10-11,20H2,1-2H3. The number of methoxy groups -OCH3 is 1. The van der Waals surface area contributed by atoms with Crippen molar-refractivity contribution < 1.29 is 14.3 Å². The zero-order chi connectivity index (χ0) is 16.7. The maximum atomic E-state index is 11.8. The third kappa shape index (κ3) is 4.49. The van der Waals surface area contributed by atoms with Gasteiger partial charge in [0.15, 0.2) is 0 Å². The molecule has 2 rings (SSSR count). The second-order valence-electron chi connectivity index (χ2n) is 5.40. The van der Waals surface area contributed by atoms with E-state index in [1.165, 1.54) is 7.11 Å². The van der Waals surface area contributed by atoms with Gasteiger partial charge >= 0.3 is 5.97 Å². The number of hydrogen-bond donors (Lipinski definition) is 1. The molecular weight excluding hydrogens is 290 g/mol. The lowest BCUT2D eigenvalue weighted by Gasteiger charge is -2.15. The quantitative estimate of drug-likeness (QED) is 0.479. The molecule has 0 atom stereocenters. The fourth-order valence-corrected chi connectivity index (χ4v) is 2.35. The zero-order valence-electron chi connectivity index (χ0n) is 13.7. The molecule has 4 nitrogen and oxygen atoms in total. The van der Waals surface area contributed by atoms with Crippen LogP contribution in [0.1, 0.15) is 41.3 Å². The van der Waals surface area contributed by atoms with E-state index < -0.39 is 5.97 Å².